The summed E-state index contributed by atoms with van der Waals surface area (Å²) in [4.78, 5) is 11.2. The lowest BCUT2D eigenvalue weighted by molar-refractivity contribution is -0.143. The van der Waals surface area contributed by atoms with Gasteiger partial charge in [0.05, 0.1) is 18.6 Å². The van der Waals surface area contributed by atoms with Gasteiger partial charge in [-0.3, -0.25) is 4.79 Å². The van der Waals surface area contributed by atoms with Gasteiger partial charge in [0, 0.05) is 0 Å². The van der Waals surface area contributed by atoms with E-state index in [-0.39, 0.29) is 13.0 Å². The number of unbranched alkanes of at least 4 members (excludes halogenated alkanes) is 14. The number of hydrogen-bond donors (Lipinski definition) is 3. The fourth-order valence-corrected chi connectivity index (χ4v) is 3.74. The van der Waals surface area contributed by atoms with Gasteiger partial charge in [0.25, 0.3) is 0 Å². The summed E-state index contributed by atoms with van der Waals surface area (Å²) < 4.78 is 0. The quantitative estimate of drug-likeness (QED) is 0.138. The third-order valence-electron chi connectivity index (χ3n) is 5.68. The van der Waals surface area contributed by atoms with Crippen molar-refractivity contribution >= 4 is 5.97 Å². The summed E-state index contributed by atoms with van der Waals surface area (Å²) in [5.41, 5.74) is 0. The predicted octanol–water partition coefficient (Wildman–Crippen LogP) is 6.64. The van der Waals surface area contributed by atoms with Gasteiger partial charge in [0.2, 0.25) is 0 Å². The lowest BCUT2D eigenvalue weighted by atomic mass is 9.94. The molecule has 172 valence electrons. The Balaban J connectivity index is 3.36. The van der Waals surface area contributed by atoms with Crippen molar-refractivity contribution in [2.24, 2.45) is 5.92 Å². The van der Waals surface area contributed by atoms with E-state index in [1.165, 1.54) is 83.5 Å². The molecule has 0 radical (unpaired) electrons. The molecule has 0 aliphatic heterocycles. The van der Waals surface area contributed by atoms with Crippen molar-refractivity contribution in [1.82, 2.24) is 0 Å². The molecule has 0 amide bonds. The number of carboxylic acids is 1. The number of aliphatic carboxylic acids is 1. The summed E-state index contributed by atoms with van der Waals surface area (Å²) >= 11 is 0. The highest BCUT2D eigenvalue weighted by Gasteiger charge is 2.20. The summed E-state index contributed by atoms with van der Waals surface area (Å²) in [6, 6.07) is 0. The third kappa shape index (κ3) is 20.2. The largest absolute Gasteiger partial charge is 0.481 e. The summed E-state index contributed by atoms with van der Waals surface area (Å²) in [6.07, 6.45) is 24.7. The van der Waals surface area contributed by atoms with Crippen LogP contribution in [0, 0.1) is 5.92 Å². The molecule has 0 aliphatic rings. The molecular weight excluding hydrogens is 364 g/mol. The van der Waals surface area contributed by atoms with Crippen molar-refractivity contribution in [2.75, 3.05) is 6.61 Å². The Morgan fingerprint density at radius 1 is 0.759 bits per heavy atom. The Bertz CT molecular complexity index is 381. The molecule has 0 aromatic carbocycles. The van der Waals surface area contributed by atoms with Gasteiger partial charge < -0.3 is 15.3 Å². The van der Waals surface area contributed by atoms with Gasteiger partial charge in [-0.1, -0.05) is 96.1 Å². The summed E-state index contributed by atoms with van der Waals surface area (Å²) in [5.74, 6) is -1.40. The Morgan fingerprint density at radius 3 is 1.66 bits per heavy atom. The standard InChI is InChI=1S/C25H48O4/c1-2-3-4-5-6-7-8-9-10-11-12-13-14-15-16-17-18-19-20-23(25(28)29)21-24(27)22-26/h9-10,23-24,26-27H,2-8,11-22H2,1H3,(H,28,29). The average molecular weight is 413 g/mol. The van der Waals surface area contributed by atoms with Crippen molar-refractivity contribution in [3.8, 4) is 0 Å². The maximum atomic E-state index is 11.2. The highest BCUT2D eigenvalue weighted by Crippen LogP contribution is 2.18. The van der Waals surface area contributed by atoms with E-state index < -0.39 is 18.0 Å². The molecule has 0 bridgehead atoms. The van der Waals surface area contributed by atoms with Crippen LogP contribution in [0.3, 0.4) is 0 Å². The molecule has 2 atom stereocenters. The minimum Gasteiger partial charge on any atom is -0.481 e. The van der Waals surface area contributed by atoms with Crippen LogP contribution >= 0.6 is 0 Å². The molecule has 0 saturated carbocycles. The molecule has 0 aliphatic carbocycles. The molecule has 0 rings (SSSR count). The van der Waals surface area contributed by atoms with Gasteiger partial charge in [-0.15, -0.1) is 0 Å². The third-order valence-corrected chi connectivity index (χ3v) is 5.68. The first kappa shape index (κ1) is 28.1. The number of aliphatic hydroxyl groups is 2. The Labute approximate surface area is 179 Å². The molecule has 4 heteroatoms. The first-order valence-corrected chi connectivity index (χ1v) is 12.3. The first-order valence-electron chi connectivity index (χ1n) is 12.3. The average Bonchev–Trinajstić information content (AvgIpc) is 2.71. The van der Waals surface area contributed by atoms with Crippen LogP contribution < -0.4 is 0 Å². The van der Waals surface area contributed by atoms with Crippen LogP contribution in [0.5, 0.6) is 0 Å². The van der Waals surface area contributed by atoms with Gasteiger partial charge in [0.15, 0.2) is 0 Å². The first-order chi connectivity index (χ1) is 14.1. The van der Waals surface area contributed by atoms with Crippen LogP contribution in [-0.4, -0.2) is 34.0 Å². The van der Waals surface area contributed by atoms with Crippen LogP contribution in [-0.2, 0) is 4.79 Å². The van der Waals surface area contributed by atoms with Crippen molar-refractivity contribution in [3.05, 3.63) is 12.2 Å². The van der Waals surface area contributed by atoms with E-state index in [4.69, 9.17) is 10.2 Å². The van der Waals surface area contributed by atoms with Gasteiger partial charge in [-0.05, 0) is 38.5 Å². The molecule has 2 unspecified atom stereocenters. The fraction of sp³-hybridized carbons (Fsp3) is 0.880. The van der Waals surface area contributed by atoms with E-state index in [1.807, 2.05) is 0 Å². The minimum absolute atomic E-state index is 0.152. The number of carbonyl (C=O) groups is 1. The van der Waals surface area contributed by atoms with Crippen LogP contribution in [0.2, 0.25) is 0 Å². The molecule has 0 fully saturated rings. The smallest absolute Gasteiger partial charge is 0.306 e. The second-order valence-electron chi connectivity index (χ2n) is 8.54. The molecule has 29 heavy (non-hydrogen) atoms. The van der Waals surface area contributed by atoms with E-state index in [2.05, 4.69) is 19.1 Å². The molecule has 0 aromatic rings. The van der Waals surface area contributed by atoms with E-state index in [9.17, 15) is 9.90 Å². The molecule has 3 N–H and O–H groups in total. The van der Waals surface area contributed by atoms with Crippen molar-refractivity contribution < 1.29 is 20.1 Å². The van der Waals surface area contributed by atoms with Crippen LogP contribution in [0.4, 0.5) is 0 Å². The number of carboxylic acid groups (broad SMARTS) is 1. The zero-order chi connectivity index (χ0) is 21.6. The number of rotatable bonds is 22. The highest BCUT2D eigenvalue weighted by atomic mass is 16.4. The maximum absolute atomic E-state index is 11.2. The summed E-state index contributed by atoms with van der Waals surface area (Å²) in [6.45, 7) is 1.90. The van der Waals surface area contributed by atoms with Crippen molar-refractivity contribution in [2.45, 2.75) is 129 Å². The summed E-state index contributed by atoms with van der Waals surface area (Å²) in [7, 11) is 0. The minimum atomic E-state index is -0.915. The van der Waals surface area contributed by atoms with E-state index >= 15 is 0 Å². The number of hydrogen-bond acceptors (Lipinski definition) is 3. The van der Waals surface area contributed by atoms with Gasteiger partial charge in [-0.2, -0.15) is 0 Å². The fourth-order valence-electron chi connectivity index (χ4n) is 3.74. The second-order valence-corrected chi connectivity index (χ2v) is 8.54. The monoisotopic (exact) mass is 412 g/mol. The zero-order valence-corrected chi connectivity index (χ0v) is 19.0. The molecule has 4 nitrogen and oxygen atoms in total. The van der Waals surface area contributed by atoms with Crippen molar-refractivity contribution in [3.63, 3.8) is 0 Å². The topological polar surface area (TPSA) is 77.8 Å². The molecule has 0 aromatic heterocycles. The summed E-state index contributed by atoms with van der Waals surface area (Å²) in [5, 5.41) is 27.4. The normalized spacial score (nSPS) is 13.8. The van der Waals surface area contributed by atoms with Crippen LogP contribution in [0.1, 0.15) is 122 Å². The van der Waals surface area contributed by atoms with Crippen LogP contribution in [0.25, 0.3) is 0 Å². The Hall–Kier alpha value is -0.870. The van der Waals surface area contributed by atoms with Crippen molar-refractivity contribution in [1.29, 1.82) is 0 Å². The van der Waals surface area contributed by atoms with E-state index in [0.29, 0.717) is 6.42 Å². The van der Waals surface area contributed by atoms with Gasteiger partial charge in [0.1, 0.15) is 0 Å². The van der Waals surface area contributed by atoms with E-state index in [1.54, 1.807) is 0 Å². The molecule has 0 heterocycles. The lowest BCUT2D eigenvalue weighted by Crippen LogP contribution is -2.23. The SMILES string of the molecule is CCCCCCCCC=CCCCCCCCCCCC(CC(O)CO)C(=O)O. The van der Waals surface area contributed by atoms with Gasteiger partial charge >= 0.3 is 5.97 Å². The maximum Gasteiger partial charge on any atom is 0.306 e. The highest BCUT2D eigenvalue weighted by molar-refractivity contribution is 5.69. The number of aliphatic hydroxyl groups excluding tert-OH is 2. The molecule has 0 saturated heterocycles. The number of allylic oxidation sites excluding steroid dienone is 2. The second kappa shape index (κ2) is 21.8. The Morgan fingerprint density at radius 2 is 1.21 bits per heavy atom. The molecular formula is C25H48O4. The lowest BCUT2D eigenvalue weighted by Gasteiger charge is -2.15. The predicted molar refractivity (Wildman–Crippen MR) is 122 cm³/mol. The van der Waals surface area contributed by atoms with Crippen LogP contribution in [0.15, 0.2) is 12.2 Å². The zero-order valence-electron chi connectivity index (χ0n) is 19.0. The van der Waals surface area contributed by atoms with Gasteiger partial charge in [-0.25, -0.2) is 0 Å². The molecule has 0 spiro atoms. The van der Waals surface area contributed by atoms with E-state index in [0.717, 1.165) is 19.3 Å². The Kier molecular flexibility index (Phi) is 21.2.